The van der Waals surface area contributed by atoms with Crippen molar-refractivity contribution < 1.29 is 37.5 Å². The lowest BCUT2D eigenvalue weighted by Gasteiger charge is -2.38. The Morgan fingerprint density at radius 3 is 2.30 bits per heavy atom. The molecule has 0 spiro atoms. The smallest absolute Gasteiger partial charge is 0.418 e. The number of carboxylic acid groups (broad SMARTS) is 1. The molecule has 4 amide bonds. The van der Waals surface area contributed by atoms with E-state index in [2.05, 4.69) is 5.32 Å². The molecule has 4 N–H and O–H groups in total. The van der Waals surface area contributed by atoms with Gasteiger partial charge in [-0.1, -0.05) is 29.8 Å². The summed E-state index contributed by atoms with van der Waals surface area (Å²) in [6.07, 6.45) is -2.92. The predicted molar refractivity (Wildman–Crippen MR) is 165 cm³/mol. The predicted octanol–water partition coefficient (Wildman–Crippen LogP) is 4.89. The van der Waals surface area contributed by atoms with Crippen LogP contribution < -0.4 is 11.1 Å². The van der Waals surface area contributed by atoms with Crippen LogP contribution in [0.2, 0.25) is 5.02 Å². The number of carboxylic acids is 1. The normalized spacial score (nSPS) is 18.9. The first kappa shape index (κ1) is 33.4. The molecule has 2 fully saturated rings. The number of nitrogens with one attached hydrogen (secondary N) is 1. The van der Waals surface area contributed by atoms with Crippen molar-refractivity contribution in [2.24, 2.45) is 11.8 Å². The molecular weight excluding hydrogens is 627 g/mol. The van der Waals surface area contributed by atoms with Crippen LogP contribution in [0.15, 0.2) is 36.4 Å². The molecule has 0 radical (unpaired) electrons. The summed E-state index contributed by atoms with van der Waals surface area (Å²) in [5.74, 6) is -3.27. The summed E-state index contributed by atoms with van der Waals surface area (Å²) in [5.41, 5.74) is 5.83. The minimum Gasteiger partial charge on any atom is -0.481 e. The Morgan fingerprint density at radius 1 is 1.00 bits per heavy atom. The third kappa shape index (κ3) is 7.51. The Bertz CT molecular complexity index is 1490. The van der Waals surface area contributed by atoms with Gasteiger partial charge in [0.25, 0.3) is 0 Å². The summed E-state index contributed by atoms with van der Waals surface area (Å²) in [6.45, 7) is 1.60. The molecule has 5 rings (SSSR count). The topological polar surface area (TPSA) is 136 Å². The number of piperidine rings is 2. The molecular formula is C32H37ClF3N5O5. The Hall–Kier alpha value is -4.00. The quantitative estimate of drug-likeness (QED) is 0.361. The molecule has 0 aliphatic carbocycles. The molecule has 2 saturated heterocycles. The summed E-state index contributed by atoms with van der Waals surface area (Å²) < 4.78 is 41.0. The zero-order chi connectivity index (χ0) is 33.2. The van der Waals surface area contributed by atoms with Gasteiger partial charge in [0.2, 0.25) is 11.8 Å². The zero-order valence-electron chi connectivity index (χ0n) is 25.2. The van der Waals surface area contributed by atoms with Crippen LogP contribution in [-0.2, 0) is 33.4 Å². The standard InChI is InChI=1S/C32H37ClF3N5O5/c33-25-17-19(16-24(28(25)37)32(34,35)36)15-22(29(43)40-10-5-21(6-11-40)30(44)45)18-27(42)39-12-8-23(9-13-39)41-14-7-20-3-1-2-4-26(20)38-31(41)46/h1-4,16-17,21-23H,5-15,18,37H2,(H,38,46)(H,44,45)/t22-/m0/s1. The van der Waals surface area contributed by atoms with Gasteiger partial charge in [0.05, 0.1) is 28.1 Å². The number of hydrogen-bond donors (Lipinski definition) is 3. The van der Waals surface area contributed by atoms with E-state index in [1.807, 2.05) is 24.3 Å². The van der Waals surface area contributed by atoms with Crippen LogP contribution in [-0.4, -0.2) is 82.4 Å². The first-order valence-electron chi connectivity index (χ1n) is 15.4. The molecule has 10 nitrogen and oxygen atoms in total. The lowest BCUT2D eigenvalue weighted by atomic mass is 9.90. The minimum absolute atomic E-state index is 0.0796. The van der Waals surface area contributed by atoms with Crippen LogP contribution >= 0.6 is 11.6 Å². The van der Waals surface area contributed by atoms with Gasteiger partial charge >= 0.3 is 18.2 Å². The Balaban J connectivity index is 1.27. The number of rotatable bonds is 7. The van der Waals surface area contributed by atoms with E-state index in [0.29, 0.717) is 38.9 Å². The van der Waals surface area contributed by atoms with Crippen LogP contribution in [0.25, 0.3) is 0 Å². The van der Waals surface area contributed by atoms with Crippen molar-refractivity contribution in [3.05, 3.63) is 58.1 Å². The number of amides is 4. The van der Waals surface area contributed by atoms with E-state index in [4.69, 9.17) is 17.3 Å². The third-order valence-corrected chi connectivity index (χ3v) is 9.62. The molecule has 0 unspecified atom stereocenters. The lowest BCUT2D eigenvalue weighted by molar-refractivity contribution is -0.147. The fourth-order valence-electron chi connectivity index (χ4n) is 6.67. The van der Waals surface area contributed by atoms with Gasteiger partial charge < -0.3 is 30.9 Å². The number of fused-ring (bicyclic) bond motifs is 1. The van der Waals surface area contributed by atoms with Gasteiger partial charge in [-0.2, -0.15) is 13.2 Å². The van der Waals surface area contributed by atoms with Gasteiger partial charge in [-0.05, 0) is 67.9 Å². The van der Waals surface area contributed by atoms with Gasteiger partial charge in [0.1, 0.15) is 0 Å². The number of nitrogens with two attached hydrogens (primary N) is 1. The zero-order valence-corrected chi connectivity index (χ0v) is 25.9. The Morgan fingerprint density at radius 2 is 1.65 bits per heavy atom. The average molecular weight is 664 g/mol. The van der Waals surface area contributed by atoms with Gasteiger partial charge in [0, 0.05) is 50.9 Å². The monoisotopic (exact) mass is 663 g/mol. The number of urea groups is 1. The molecule has 1 atom stereocenters. The van der Waals surface area contributed by atoms with Crippen LogP contribution in [0.1, 0.15) is 48.8 Å². The average Bonchev–Trinajstić information content (AvgIpc) is 3.19. The number of carbonyl (C=O) groups is 4. The van der Waals surface area contributed by atoms with E-state index >= 15 is 0 Å². The van der Waals surface area contributed by atoms with Crippen molar-refractivity contribution in [1.82, 2.24) is 14.7 Å². The molecule has 3 aliphatic heterocycles. The highest BCUT2D eigenvalue weighted by molar-refractivity contribution is 6.33. The number of alkyl halides is 3. The van der Waals surface area contributed by atoms with E-state index in [9.17, 15) is 37.5 Å². The molecule has 46 heavy (non-hydrogen) atoms. The molecule has 248 valence electrons. The van der Waals surface area contributed by atoms with Crippen molar-refractivity contribution in [1.29, 1.82) is 0 Å². The number of likely N-dealkylation sites (tertiary alicyclic amines) is 2. The van der Waals surface area contributed by atoms with Crippen molar-refractivity contribution in [2.75, 3.05) is 43.8 Å². The molecule has 2 aromatic rings. The third-order valence-electron chi connectivity index (χ3n) is 9.30. The minimum atomic E-state index is -4.77. The molecule has 14 heteroatoms. The summed E-state index contributed by atoms with van der Waals surface area (Å²) in [5, 5.41) is 12.0. The lowest BCUT2D eigenvalue weighted by Crippen LogP contribution is -2.50. The fourth-order valence-corrected chi connectivity index (χ4v) is 6.91. The molecule has 0 bridgehead atoms. The fraction of sp³-hybridized carbons (Fsp3) is 0.500. The van der Waals surface area contributed by atoms with Crippen molar-refractivity contribution in [3.63, 3.8) is 0 Å². The highest BCUT2D eigenvalue weighted by Crippen LogP contribution is 2.38. The van der Waals surface area contributed by atoms with E-state index < -0.39 is 41.1 Å². The maximum absolute atomic E-state index is 13.7. The molecule has 0 saturated carbocycles. The number of nitrogen functional groups attached to an aromatic ring is 1. The van der Waals surface area contributed by atoms with Crippen LogP contribution in [0.5, 0.6) is 0 Å². The highest BCUT2D eigenvalue weighted by Gasteiger charge is 2.37. The Labute approximate surface area is 269 Å². The number of carbonyl (C=O) groups excluding carboxylic acids is 3. The maximum atomic E-state index is 13.7. The summed E-state index contributed by atoms with van der Waals surface area (Å²) in [4.78, 5) is 56.7. The number of anilines is 2. The molecule has 2 aromatic carbocycles. The summed E-state index contributed by atoms with van der Waals surface area (Å²) >= 11 is 6.05. The largest absolute Gasteiger partial charge is 0.481 e. The van der Waals surface area contributed by atoms with E-state index in [1.165, 1.54) is 11.0 Å². The molecule has 0 aromatic heterocycles. The maximum Gasteiger partial charge on any atom is 0.418 e. The first-order chi connectivity index (χ1) is 21.8. The number of aliphatic carboxylic acids is 1. The van der Waals surface area contributed by atoms with Gasteiger partial charge in [-0.15, -0.1) is 0 Å². The summed E-state index contributed by atoms with van der Waals surface area (Å²) in [6, 6.07) is 9.52. The van der Waals surface area contributed by atoms with E-state index in [1.54, 1.807) is 9.80 Å². The van der Waals surface area contributed by atoms with Gasteiger partial charge in [-0.25, -0.2) is 4.79 Å². The molecule has 3 aliphatic rings. The second kappa shape index (κ2) is 13.8. The van der Waals surface area contributed by atoms with E-state index in [0.717, 1.165) is 17.3 Å². The first-order valence-corrected chi connectivity index (χ1v) is 15.8. The van der Waals surface area contributed by atoms with Crippen LogP contribution in [0.3, 0.4) is 0 Å². The summed E-state index contributed by atoms with van der Waals surface area (Å²) in [7, 11) is 0. The van der Waals surface area contributed by atoms with Gasteiger partial charge in [0.15, 0.2) is 0 Å². The number of halogens is 4. The van der Waals surface area contributed by atoms with Crippen LogP contribution in [0, 0.1) is 11.8 Å². The number of nitrogens with zero attached hydrogens (tertiary/aromatic N) is 3. The van der Waals surface area contributed by atoms with Crippen LogP contribution in [0.4, 0.5) is 29.3 Å². The van der Waals surface area contributed by atoms with Gasteiger partial charge in [-0.3, -0.25) is 14.4 Å². The second-order valence-electron chi connectivity index (χ2n) is 12.2. The second-order valence-corrected chi connectivity index (χ2v) is 12.6. The number of benzene rings is 2. The molecule has 3 heterocycles. The Kier molecular flexibility index (Phi) is 9.99. The van der Waals surface area contributed by atoms with Crippen molar-refractivity contribution in [3.8, 4) is 0 Å². The van der Waals surface area contributed by atoms with E-state index in [-0.39, 0.29) is 67.3 Å². The highest BCUT2D eigenvalue weighted by atomic mass is 35.5. The van der Waals surface area contributed by atoms with Crippen molar-refractivity contribution in [2.45, 2.75) is 57.2 Å². The SMILES string of the molecule is Nc1c(Cl)cc(C[C@@H](CC(=O)N2CCC(N3CCc4ccccc4NC3=O)CC2)C(=O)N2CCC(C(=O)O)CC2)cc1C(F)(F)F. The number of para-hydroxylation sites is 1. The number of hydrogen-bond acceptors (Lipinski definition) is 5. The van der Waals surface area contributed by atoms with Crippen molar-refractivity contribution >= 4 is 46.8 Å².